The number of likely N-dealkylation sites (tertiary alicyclic amines) is 1. The molecule has 1 atom stereocenters. The first-order valence-corrected chi connectivity index (χ1v) is 10.4. The van der Waals surface area contributed by atoms with Crippen molar-refractivity contribution >= 4 is 5.91 Å². The summed E-state index contributed by atoms with van der Waals surface area (Å²) in [5.41, 5.74) is 1.45. The normalized spacial score (nSPS) is 20.3. The number of carbonyl (C=O) groups is 1. The first-order chi connectivity index (χ1) is 14.3. The Kier molecular flexibility index (Phi) is 4.83. The smallest absolute Gasteiger partial charge is 0.280 e. The van der Waals surface area contributed by atoms with Crippen molar-refractivity contribution in [3.05, 3.63) is 36.5 Å². The number of hydrogen-bond acceptors (Lipinski definition) is 6. The lowest BCUT2D eigenvalue weighted by molar-refractivity contribution is -0.137. The molecule has 2 fully saturated rings. The van der Waals surface area contributed by atoms with Crippen molar-refractivity contribution in [1.82, 2.24) is 30.0 Å². The number of amides is 1. The minimum absolute atomic E-state index is 0.131. The molecule has 0 N–H and O–H groups in total. The summed E-state index contributed by atoms with van der Waals surface area (Å²) < 4.78 is 7.23. The average Bonchev–Trinajstić information content (AvgIpc) is 3.55. The number of piperidine rings is 1. The Morgan fingerprint density at radius 1 is 1.07 bits per heavy atom. The van der Waals surface area contributed by atoms with Crippen LogP contribution in [0.3, 0.4) is 0 Å². The molecule has 29 heavy (non-hydrogen) atoms. The maximum atomic E-state index is 12.8. The Balaban J connectivity index is 1.30. The van der Waals surface area contributed by atoms with Gasteiger partial charge in [-0.25, -0.2) is 4.68 Å². The van der Waals surface area contributed by atoms with Crippen LogP contribution in [0, 0.1) is 5.92 Å². The topological polar surface area (TPSA) is 89.9 Å². The highest BCUT2D eigenvalue weighted by Gasteiger charge is 2.31. The van der Waals surface area contributed by atoms with Crippen LogP contribution in [-0.4, -0.2) is 49.0 Å². The zero-order valence-corrected chi connectivity index (χ0v) is 16.3. The fourth-order valence-electron chi connectivity index (χ4n) is 4.39. The molecule has 1 saturated heterocycles. The molecular formula is C21H24N6O2. The standard InChI is InChI=1S/C21H24N6O2/c28-21(16-9-4-5-10-16)26-12-6-11-17(13-26)27-14-18(23-25-27)20-22-19(24-29-20)15-7-2-1-3-8-15/h1-3,7-8,14,16-17H,4-6,9-13H2/t17-/m1/s1. The van der Waals surface area contributed by atoms with Gasteiger partial charge < -0.3 is 9.42 Å². The Morgan fingerprint density at radius 2 is 1.90 bits per heavy atom. The van der Waals surface area contributed by atoms with Crippen molar-refractivity contribution in [3.63, 3.8) is 0 Å². The summed E-state index contributed by atoms with van der Waals surface area (Å²) in [7, 11) is 0. The predicted molar refractivity (Wildman–Crippen MR) is 106 cm³/mol. The molecule has 1 aromatic carbocycles. The Bertz CT molecular complexity index is 976. The maximum Gasteiger partial charge on any atom is 0.280 e. The Morgan fingerprint density at radius 3 is 2.72 bits per heavy atom. The molecule has 1 aliphatic heterocycles. The van der Waals surface area contributed by atoms with Crippen LogP contribution in [0.15, 0.2) is 41.1 Å². The van der Waals surface area contributed by atoms with E-state index in [0.29, 0.717) is 29.9 Å². The van der Waals surface area contributed by atoms with E-state index in [2.05, 4.69) is 20.5 Å². The second-order valence-electron chi connectivity index (χ2n) is 7.93. The molecule has 1 saturated carbocycles. The molecular weight excluding hydrogens is 368 g/mol. The minimum Gasteiger partial charge on any atom is -0.340 e. The quantitative estimate of drug-likeness (QED) is 0.676. The number of benzene rings is 1. The van der Waals surface area contributed by atoms with Gasteiger partial charge in [-0.3, -0.25) is 4.79 Å². The van der Waals surface area contributed by atoms with E-state index in [1.165, 1.54) is 12.8 Å². The van der Waals surface area contributed by atoms with Gasteiger partial charge in [0, 0.05) is 24.6 Å². The first kappa shape index (κ1) is 18.0. The number of carbonyl (C=O) groups excluding carboxylic acids is 1. The fraction of sp³-hybridized carbons (Fsp3) is 0.476. The van der Waals surface area contributed by atoms with E-state index in [-0.39, 0.29) is 12.0 Å². The monoisotopic (exact) mass is 392 g/mol. The molecule has 2 aliphatic rings. The van der Waals surface area contributed by atoms with Gasteiger partial charge in [-0.15, -0.1) is 5.10 Å². The van der Waals surface area contributed by atoms with Gasteiger partial charge in [0.15, 0.2) is 5.69 Å². The lowest BCUT2D eigenvalue weighted by atomic mass is 10.0. The highest BCUT2D eigenvalue weighted by molar-refractivity contribution is 5.79. The molecule has 0 unspecified atom stereocenters. The van der Waals surface area contributed by atoms with Gasteiger partial charge in [0.2, 0.25) is 11.7 Å². The summed E-state index contributed by atoms with van der Waals surface area (Å²) in [5.74, 6) is 1.41. The van der Waals surface area contributed by atoms with Crippen LogP contribution in [0.2, 0.25) is 0 Å². The molecule has 8 heteroatoms. The molecule has 1 aliphatic carbocycles. The third-order valence-electron chi connectivity index (χ3n) is 5.97. The van der Waals surface area contributed by atoms with Gasteiger partial charge >= 0.3 is 0 Å². The second-order valence-corrected chi connectivity index (χ2v) is 7.93. The molecule has 0 radical (unpaired) electrons. The van der Waals surface area contributed by atoms with Gasteiger partial charge in [-0.05, 0) is 25.7 Å². The Labute approximate surface area is 168 Å². The summed E-state index contributed by atoms with van der Waals surface area (Å²) in [6.45, 7) is 1.54. The lowest BCUT2D eigenvalue weighted by Crippen LogP contribution is -2.43. The van der Waals surface area contributed by atoms with Gasteiger partial charge in [-0.1, -0.05) is 53.5 Å². The largest absolute Gasteiger partial charge is 0.340 e. The molecule has 1 amide bonds. The number of nitrogens with zero attached hydrogens (tertiary/aromatic N) is 6. The third kappa shape index (κ3) is 3.66. The van der Waals surface area contributed by atoms with Crippen molar-refractivity contribution < 1.29 is 9.32 Å². The van der Waals surface area contributed by atoms with Gasteiger partial charge in [0.1, 0.15) is 0 Å². The number of hydrogen-bond donors (Lipinski definition) is 0. The molecule has 3 heterocycles. The fourth-order valence-corrected chi connectivity index (χ4v) is 4.39. The molecule has 5 rings (SSSR count). The molecule has 150 valence electrons. The van der Waals surface area contributed by atoms with E-state index in [1.807, 2.05) is 46.1 Å². The van der Waals surface area contributed by atoms with Crippen molar-refractivity contribution in [2.24, 2.45) is 5.92 Å². The lowest BCUT2D eigenvalue weighted by Gasteiger charge is -2.34. The van der Waals surface area contributed by atoms with Crippen LogP contribution in [0.5, 0.6) is 0 Å². The van der Waals surface area contributed by atoms with Crippen LogP contribution >= 0.6 is 0 Å². The van der Waals surface area contributed by atoms with Gasteiger partial charge in [0.05, 0.1) is 12.2 Å². The van der Waals surface area contributed by atoms with Gasteiger partial charge in [0.25, 0.3) is 5.89 Å². The maximum absolute atomic E-state index is 12.8. The number of aromatic nitrogens is 5. The second kappa shape index (κ2) is 7.77. The summed E-state index contributed by atoms with van der Waals surface area (Å²) in [4.78, 5) is 19.3. The van der Waals surface area contributed by atoms with Crippen molar-refractivity contribution in [2.45, 2.75) is 44.6 Å². The van der Waals surface area contributed by atoms with Gasteiger partial charge in [-0.2, -0.15) is 4.98 Å². The van der Waals surface area contributed by atoms with Crippen LogP contribution in [0.4, 0.5) is 0 Å². The van der Waals surface area contributed by atoms with E-state index in [9.17, 15) is 4.79 Å². The van der Waals surface area contributed by atoms with Crippen molar-refractivity contribution in [2.75, 3.05) is 13.1 Å². The average molecular weight is 392 g/mol. The van der Waals surface area contributed by atoms with Crippen LogP contribution in [-0.2, 0) is 4.79 Å². The molecule has 2 aromatic heterocycles. The molecule has 3 aromatic rings. The minimum atomic E-state index is 0.131. The van der Waals surface area contributed by atoms with E-state index < -0.39 is 0 Å². The first-order valence-electron chi connectivity index (χ1n) is 10.4. The van der Waals surface area contributed by atoms with Crippen LogP contribution in [0.25, 0.3) is 23.0 Å². The van der Waals surface area contributed by atoms with E-state index in [4.69, 9.17) is 4.52 Å². The molecule has 0 bridgehead atoms. The van der Waals surface area contributed by atoms with E-state index >= 15 is 0 Å². The summed E-state index contributed by atoms with van der Waals surface area (Å²) >= 11 is 0. The van der Waals surface area contributed by atoms with Crippen LogP contribution < -0.4 is 0 Å². The highest BCUT2D eigenvalue weighted by Crippen LogP contribution is 2.30. The van der Waals surface area contributed by atoms with Crippen molar-refractivity contribution in [3.8, 4) is 23.0 Å². The predicted octanol–water partition coefficient (Wildman–Crippen LogP) is 3.35. The van der Waals surface area contributed by atoms with E-state index in [1.54, 1.807) is 0 Å². The highest BCUT2D eigenvalue weighted by atomic mass is 16.5. The Hall–Kier alpha value is -3.03. The zero-order chi connectivity index (χ0) is 19.6. The SMILES string of the molecule is O=C(C1CCCC1)N1CCC[C@@H](n2cc(-c3nc(-c4ccccc4)no3)nn2)C1. The summed E-state index contributed by atoms with van der Waals surface area (Å²) in [6, 6.07) is 9.81. The zero-order valence-electron chi connectivity index (χ0n) is 16.3. The number of rotatable bonds is 4. The third-order valence-corrected chi connectivity index (χ3v) is 5.97. The molecule has 8 nitrogen and oxygen atoms in total. The molecule has 0 spiro atoms. The summed E-state index contributed by atoms with van der Waals surface area (Å²) in [6.07, 6.45) is 8.23. The summed E-state index contributed by atoms with van der Waals surface area (Å²) in [5, 5.41) is 12.6. The van der Waals surface area contributed by atoms with E-state index in [0.717, 1.165) is 37.8 Å². The van der Waals surface area contributed by atoms with Crippen molar-refractivity contribution in [1.29, 1.82) is 0 Å². The van der Waals surface area contributed by atoms with Crippen LogP contribution in [0.1, 0.15) is 44.6 Å².